The van der Waals surface area contributed by atoms with Crippen LogP contribution in [0.5, 0.6) is 0 Å². The highest BCUT2D eigenvalue weighted by Gasteiger charge is 2.43. The van der Waals surface area contributed by atoms with Crippen LogP contribution in [0, 0.1) is 11.3 Å². The molecular weight excluding hydrogens is 338 g/mol. The normalized spacial score (nSPS) is 16.4. The van der Waals surface area contributed by atoms with Gasteiger partial charge in [0.05, 0.1) is 0 Å². The highest BCUT2D eigenvalue weighted by molar-refractivity contribution is 5.94. The predicted molar refractivity (Wildman–Crippen MR) is 108 cm³/mol. The Labute approximate surface area is 162 Å². The Bertz CT molecular complexity index is 695. The largest absolute Gasteiger partial charge is 0.310 e. The maximum Gasteiger partial charge on any atom is 0.231 e. The topological polar surface area (TPSA) is 62.3 Å². The lowest BCUT2D eigenvalue weighted by molar-refractivity contribution is -0.125. The molecule has 5 nitrogen and oxygen atoms in total. The molecule has 5 heteroatoms. The molecule has 0 radical (unpaired) electrons. The Hall–Kier alpha value is -1.75. The molecule has 1 N–H and O–H groups in total. The van der Waals surface area contributed by atoms with Gasteiger partial charge in [0, 0.05) is 30.6 Å². The first-order valence-corrected chi connectivity index (χ1v) is 10.4. The van der Waals surface area contributed by atoms with Crippen LogP contribution < -0.4 is 5.32 Å². The van der Waals surface area contributed by atoms with Crippen LogP contribution in [-0.2, 0) is 29.0 Å². The number of aromatic nitrogens is 1. The third kappa shape index (κ3) is 4.75. The van der Waals surface area contributed by atoms with E-state index in [-0.39, 0.29) is 11.3 Å². The second-order valence-corrected chi connectivity index (χ2v) is 8.63. The van der Waals surface area contributed by atoms with Crippen molar-refractivity contribution < 1.29 is 9.59 Å². The van der Waals surface area contributed by atoms with E-state index in [1.807, 2.05) is 13.8 Å². The first kappa shape index (κ1) is 20.0. The SMILES string of the molecule is CCCN(CCC=O)Cc1cc(NC(=O)C(C)(C)C2CC2)nc2c1CCC2. The lowest BCUT2D eigenvalue weighted by atomic mass is 9.86. The van der Waals surface area contributed by atoms with Crippen LogP contribution in [0.1, 0.15) is 69.7 Å². The van der Waals surface area contributed by atoms with Crippen molar-refractivity contribution in [2.75, 3.05) is 18.4 Å². The number of carbonyl (C=O) groups is 2. The summed E-state index contributed by atoms with van der Waals surface area (Å²) in [6.45, 7) is 8.82. The average Bonchev–Trinajstić information content (AvgIpc) is 3.39. The number of fused-ring (bicyclic) bond motifs is 1. The van der Waals surface area contributed by atoms with Crippen molar-refractivity contribution in [3.63, 3.8) is 0 Å². The molecule has 1 aromatic heterocycles. The van der Waals surface area contributed by atoms with E-state index in [9.17, 15) is 9.59 Å². The zero-order valence-corrected chi connectivity index (χ0v) is 17.0. The van der Waals surface area contributed by atoms with Gasteiger partial charge in [0.15, 0.2) is 0 Å². The number of rotatable bonds is 10. The number of hydrogen-bond acceptors (Lipinski definition) is 4. The first-order valence-electron chi connectivity index (χ1n) is 10.4. The van der Waals surface area contributed by atoms with E-state index < -0.39 is 0 Å². The molecular formula is C22H33N3O2. The van der Waals surface area contributed by atoms with Gasteiger partial charge in [-0.1, -0.05) is 20.8 Å². The number of pyridine rings is 1. The van der Waals surface area contributed by atoms with Gasteiger partial charge in [-0.2, -0.15) is 0 Å². The highest BCUT2D eigenvalue weighted by atomic mass is 16.2. The minimum Gasteiger partial charge on any atom is -0.310 e. The van der Waals surface area contributed by atoms with Crippen LogP contribution in [-0.4, -0.2) is 35.2 Å². The fourth-order valence-electron chi connectivity index (χ4n) is 4.16. The molecule has 1 fully saturated rings. The summed E-state index contributed by atoms with van der Waals surface area (Å²) < 4.78 is 0. The van der Waals surface area contributed by atoms with Crippen molar-refractivity contribution in [2.24, 2.45) is 11.3 Å². The van der Waals surface area contributed by atoms with Gasteiger partial charge < -0.3 is 10.1 Å². The Morgan fingerprint density at radius 3 is 2.78 bits per heavy atom. The molecule has 0 spiro atoms. The van der Waals surface area contributed by atoms with Gasteiger partial charge in [0.2, 0.25) is 5.91 Å². The van der Waals surface area contributed by atoms with Crippen molar-refractivity contribution in [1.29, 1.82) is 0 Å². The fraction of sp³-hybridized carbons (Fsp3) is 0.682. The van der Waals surface area contributed by atoms with Gasteiger partial charge in [-0.25, -0.2) is 4.98 Å². The van der Waals surface area contributed by atoms with Crippen LogP contribution in [0.3, 0.4) is 0 Å². The predicted octanol–water partition coefficient (Wildman–Crippen LogP) is 3.75. The van der Waals surface area contributed by atoms with E-state index in [1.165, 1.54) is 11.1 Å². The molecule has 0 aromatic carbocycles. The minimum atomic E-state index is -0.334. The van der Waals surface area contributed by atoms with Crippen molar-refractivity contribution in [3.05, 3.63) is 22.9 Å². The van der Waals surface area contributed by atoms with E-state index >= 15 is 0 Å². The summed E-state index contributed by atoms with van der Waals surface area (Å²) in [6.07, 6.45) is 8.08. The van der Waals surface area contributed by atoms with Crippen LogP contribution in [0.2, 0.25) is 0 Å². The number of nitrogens with one attached hydrogen (secondary N) is 1. The summed E-state index contributed by atoms with van der Waals surface area (Å²) in [5.41, 5.74) is 3.41. The fourth-order valence-corrected chi connectivity index (χ4v) is 4.16. The first-order chi connectivity index (χ1) is 13.0. The smallest absolute Gasteiger partial charge is 0.231 e. The summed E-state index contributed by atoms with van der Waals surface area (Å²) in [6, 6.07) is 2.06. The minimum absolute atomic E-state index is 0.0766. The van der Waals surface area contributed by atoms with E-state index in [4.69, 9.17) is 4.98 Å². The van der Waals surface area contributed by atoms with E-state index in [1.54, 1.807) is 0 Å². The van der Waals surface area contributed by atoms with Gasteiger partial charge in [0.1, 0.15) is 12.1 Å². The van der Waals surface area contributed by atoms with Gasteiger partial charge in [-0.05, 0) is 68.2 Å². The van der Waals surface area contributed by atoms with Crippen molar-refractivity contribution >= 4 is 18.0 Å². The summed E-state index contributed by atoms with van der Waals surface area (Å²) in [4.78, 5) is 30.7. The van der Waals surface area contributed by atoms with E-state index in [0.717, 1.165) is 70.1 Å². The van der Waals surface area contributed by atoms with E-state index in [0.29, 0.717) is 18.2 Å². The summed E-state index contributed by atoms with van der Waals surface area (Å²) in [5.74, 6) is 1.26. The number of carbonyl (C=O) groups excluding carboxylic acids is 2. The Morgan fingerprint density at radius 2 is 2.11 bits per heavy atom. The van der Waals surface area contributed by atoms with Crippen molar-refractivity contribution in [2.45, 2.75) is 72.3 Å². The Morgan fingerprint density at radius 1 is 1.33 bits per heavy atom. The van der Waals surface area contributed by atoms with Gasteiger partial charge >= 0.3 is 0 Å². The standard InChI is InChI=1S/C22H33N3O2/c1-4-11-25(12-6-13-26)15-16-14-20(23-19-8-5-7-18(16)19)24-21(27)22(2,3)17-9-10-17/h13-14,17H,4-12,15H2,1-3H3,(H,23,24,27). The summed E-state index contributed by atoms with van der Waals surface area (Å²) in [5, 5.41) is 3.10. The van der Waals surface area contributed by atoms with Crippen LogP contribution in [0.25, 0.3) is 0 Å². The summed E-state index contributed by atoms with van der Waals surface area (Å²) in [7, 11) is 0. The average molecular weight is 372 g/mol. The molecule has 1 amide bonds. The number of hydrogen-bond donors (Lipinski definition) is 1. The van der Waals surface area contributed by atoms with Crippen molar-refractivity contribution in [3.8, 4) is 0 Å². The second-order valence-electron chi connectivity index (χ2n) is 8.63. The number of amides is 1. The third-order valence-corrected chi connectivity index (χ3v) is 6.06. The van der Waals surface area contributed by atoms with Crippen molar-refractivity contribution in [1.82, 2.24) is 9.88 Å². The lowest BCUT2D eigenvalue weighted by Crippen LogP contribution is -2.33. The van der Waals surface area contributed by atoms with Gasteiger partial charge in [-0.3, -0.25) is 9.69 Å². The van der Waals surface area contributed by atoms with Crippen LogP contribution >= 0.6 is 0 Å². The van der Waals surface area contributed by atoms with Crippen LogP contribution in [0.4, 0.5) is 5.82 Å². The van der Waals surface area contributed by atoms with Gasteiger partial charge in [0.25, 0.3) is 0 Å². The monoisotopic (exact) mass is 371 g/mol. The quantitative estimate of drug-likeness (QED) is 0.636. The number of aryl methyl sites for hydroxylation is 1. The summed E-state index contributed by atoms with van der Waals surface area (Å²) >= 11 is 0. The van der Waals surface area contributed by atoms with Gasteiger partial charge in [-0.15, -0.1) is 0 Å². The molecule has 1 aromatic rings. The molecule has 27 heavy (non-hydrogen) atoms. The second kappa shape index (κ2) is 8.51. The third-order valence-electron chi connectivity index (χ3n) is 6.06. The number of nitrogens with zero attached hydrogens (tertiary/aromatic N) is 2. The molecule has 2 aliphatic carbocycles. The molecule has 1 saturated carbocycles. The zero-order chi connectivity index (χ0) is 19.4. The molecule has 0 aliphatic heterocycles. The molecule has 148 valence electrons. The molecule has 1 heterocycles. The highest BCUT2D eigenvalue weighted by Crippen LogP contribution is 2.45. The zero-order valence-electron chi connectivity index (χ0n) is 17.0. The number of anilines is 1. The Kier molecular flexibility index (Phi) is 6.30. The lowest BCUT2D eigenvalue weighted by Gasteiger charge is -2.25. The molecule has 2 aliphatic rings. The number of aldehydes is 1. The van der Waals surface area contributed by atoms with E-state index in [2.05, 4.69) is 23.2 Å². The Balaban J connectivity index is 1.79. The maximum atomic E-state index is 12.8. The molecule has 0 unspecified atom stereocenters. The molecule has 0 bridgehead atoms. The molecule has 0 saturated heterocycles. The molecule has 0 atom stereocenters. The molecule has 3 rings (SSSR count). The van der Waals surface area contributed by atoms with Crippen LogP contribution in [0.15, 0.2) is 6.07 Å². The maximum absolute atomic E-state index is 12.8.